The normalized spacial score (nSPS) is 11.9. The van der Waals surface area contributed by atoms with Gasteiger partial charge in [0.2, 0.25) is 0 Å². The van der Waals surface area contributed by atoms with Gasteiger partial charge in [0, 0.05) is 6.04 Å². The third kappa shape index (κ3) is 3.46. The molecule has 16 heavy (non-hydrogen) atoms. The van der Waals surface area contributed by atoms with Gasteiger partial charge in [-0.25, -0.2) is 0 Å². The molecule has 0 aliphatic rings. The van der Waals surface area contributed by atoms with Gasteiger partial charge in [-0.3, -0.25) is 0 Å². The molecule has 1 atom stereocenters. The molecule has 0 aromatic heterocycles. The van der Waals surface area contributed by atoms with Crippen molar-refractivity contribution in [1.29, 1.82) is 5.26 Å². The number of nitriles is 1. The summed E-state index contributed by atoms with van der Waals surface area (Å²) >= 11 is 1.85. The van der Waals surface area contributed by atoms with Crippen molar-refractivity contribution in [1.82, 2.24) is 0 Å². The van der Waals surface area contributed by atoms with Gasteiger partial charge in [-0.05, 0) is 43.9 Å². The number of nitrogens with zero attached hydrogens (tertiary/aromatic N) is 1. The molecule has 0 amide bonds. The Morgan fingerprint density at radius 2 is 2.25 bits per heavy atom. The van der Waals surface area contributed by atoms with Crippen molar-refractivity contribution < 1.29 is 0 Å². The van der Waals surface area contributed by atoms with E-state index in [1.54, 1.807) is 0 Å². The maximum Gasteiger partial charge on any atom is 0.101 e. The van der Waals surface area contributed by atoms with Crippen molar-refractivity contribution in [2.45, 2.75) is 26.3 Å². The molecule has 1 unspecified atom stereocenters. The topological polar surface area (TPSA) is 35.8 Å². The smallest absolute Gasteiger partial charge is 0.101 e. The second-order valence-electron chi connectivity index (χ2n) is 3.94. The highest BCUT2D eigenvalue weighted by Crippen LogP contribution is 2.21. The van der Waals surface area contributed by atoms with E-state index < -0.39 is 0 Å². The maximum atomic E-state index is 9.04. The first-order valence-electron chi connectivity index (χ1n) is 5.44. The van der Waals surface area contributed by atoms with Crippen LogP contribution in [0.4, 0.5) is 5.69 Å². The van der Waals surface area contributed by atoms with Crippen LogP contribution < -0.4 is 5.32 Å². The molecule has 0 radical (unpaired) electrons. The summed E-state index contributed by atoms with van der Waals surface area (Å²) in [6.45, 7) is 4.19. The summed E-state index contributed by atoms with van der Waals surface area (Å²) in [5.41, 5.74) is 2.85. The number of thioether (sulfide) groups is 1. The van der Waals surface area contributed by atoms with Crippen LogP contribution in [0, 0.1) is 18.3 Å². The molecular formula is C13H18N2S. The van der Waals surface area contributed by atoms with E-state index in [0.29, 0.717) is 6.04 Å². The molecule has 1 aromatic rings. The number of benzene rings is 1. The molecule has 3 heteroatoms. The molecule has 86 valence electrons. The van der Waals surface area contributed by atoms with Crippen LogP contribution in [0.2, 0.25) is 0 Å². The number of anilines is 1. The molecule has 0 aliphatic heterocycles. The Labute approximate surface area is 102 Å². The minimum absolute atomic E-state index is 0.403. The first-order valence-corrected chi connectivity index (χ1v) is 6.83. The molecule has 0 saturated carbocycles. The van der Waals surface area contributed by atoms with Gasteiger partial charge in [0.25, 0.3) is 0 Å². The average molecular weight is 234 g/mol. The van der Waals surface area contributed by atoms with E-state index in [4.69, 9.17) is 5.26 Å². The molecule has 1 N–H and O–H groups in total. The van der Waals surface area contributed by atoms with Gasteiger partial charge in [0.1, 0.15) is 6.07 Å². The third-order valence-corrected chi connectivity index (χ3v) is 3.18. The second-order valence-corrected chi connectivity index (χ2v) is 4.92. The molecule has 0 saturated heterocycles. The monoisotopic (exact) mass is 234 g/mol. The molecule has 0 aliphatic carbocycles. The van der Waals surface area contributed by atoms with Crippen molar-refractivity contribution in [3.8, 4) is 6.07 Å². The molecule has 2 nitrogen and oxygen atoms in total. The minimum Gasteiger partial charge on any atom is -0.381 e. The highest BCUT2D eigenvalue weighted by Gasteiger charge is 2.08. The van der Waals surface area contributed by atoms with Gasteiger partial charge in [-0.15, -0.1) is 0 Å². The fraction of sp³-hybridized carbons (Fsp3) is 0.462. The standard InChI is InChI=1S/C13H18N2S/c1-10-5-4-6-12(9-14)13(10)15-11(2)7-8-16-3/h4-6,11,15H,7-8H2,1-3H3. The van der Waals surface area contributed by atoms with Gasteiger partial charge in [0.15, 0.2) is 0 Å². The largest absolute Gasteiger partial charge is 0.381 e. The molecule has 0 heterocycles. The van der Waals surface area contributed by atoms with Gasteiger partial charge >= 0.3 is 0 Å². The summed E-state index contributed by atoms with van der Waals surface area (Å²) in [6, 6.07) is 8.45. The van der Waals surface area contributed by atoms with E-state index in [0.717, 1.165) is 29.0 Å². The van der Waals surface area contributed by atoms with Crippen LogP contribution in [0.25, 0.3) is 0 Å². The number of aryl methyl sites for hydroxylation is 1. The van der Waals surface area contributed by atoms with Gasteiger partial charge in [-0.1, -0.05) is 12.1 Å². The van der Waals surface area contributed by atoms with Crippen LogP contribution >= 0.6 is 11.8 Å². The van der Waals surface area contributed by atoms with Crippen LogP contribution in [0.1, 0.15) is 24.5 Å². The summed E-state index contributed by atoms with van der Waals surface area (Å²) in [5, 5.41) is 12.5. The average Bonchev–Trinajstić information content (AvgIpc) is 2.29. The third-order valence-electron chi connectivity index (χ3n) is 2.54. The van der Waals surface area contributed by atoms with Crippen molar-refractivity contribution in [2.24, 2.45) is 0 Å². The number of rotatable bonds is 5. The predicted octanol–water partition coefficient (Wildman–Crippen LogP) is 3.42. The quantitative estimate of drug-likeness (QED) is 0.848. The van der Waals surface area contributed by atoms with Gasteiger partial charge in [0.05, 0.1) is 11.3 Å². The summed E-state index contributed by atoms with van der Waals surface area (Å²) in [7, 11) is 0. The van der Waals surface area contributed by atoms with Crippen molar-refractivity contribution in [3.63, 3.8) is 0 Å². The summed E-state index contributed by atoms with van der Waals surface area (Å²) in [4.78, 5) is 0. The Balaban J connectivity index is 2.76. The van der Waals surface area contributed by atoms with Gasteiger partial charge < -0.3 is 5.32 Å². The van der Waals surface area contributed by atoms with Crippen molar-refractivity contribution >= 4 is 17.4 Å². The second kappa shape index (κ2) is 6.44. The lowest BCUT2D eigenvalue weighted by atomic mass is 10.1. The van der Waals surface area contributed by atoms with E-state index in [1.165, 1.54) is 0 Å². The number of para-hydroxylation sites is 1. The predicted molar refractivity (Wildman–Crippen MR) is 72.0 cm³/mol. The maximum absolute atomic E-state index is 9.04. The Morgan fingerprint density at radius 1 is 1.50 bits per heavy atom. The van der Waals surface area contributed by atoms with Crippen LogP contribution in [-0.4, -0.2) is 18.1 Å². The molecule has 1 rings (SSSR count). The zero-order valence-electron chi connectivity index (χ0n) is 10.1. The molecule has 1 aromatic carbocycles. The van der Waals surface area contributed by atoms with Crippen molar-refractivity contribution in [3.05, 3.63) is 29.3 Å². The van der Waals surface area contributed by atoms with E-state index in [-0.39, 0.29) is 0 Å². The SMILES string of the molecule is CSCCC(C)Nc1c(C)cccc1C#N. The summed E-state index contributed by atoms with van der Waals surface area (Å²) in [6.07, 6.45) is 3.22. The number of hydrogen-bond donors (Lipinski definition) is 1. The first kappa shape index (κ1) is 12.9. The van der Waals surface area contributed by atoms with Crippen LogP contribution in [-0.2, 0) is 0 Å². The zero-order chi connectivity index (χ0) is 12.0. The molecule has 0 fully saturated rings. The Hall–Kier alpha value is -1.14. The molecule has 0 bridgehead atoms. The van der Waals surface area contributed by atoms with Crippen molar-refractivity contribution in [2.75, 3.05) is 17.3 Å². The fourth-order valence-corrected chi connectivity index (χ4v) is 2.15. The van der Waals surface area contributed by atoms with Gasteiger partial charge in [-0.2, -0.15) is 17.0 Å². The highest BCUT2D eigenvalue weighted by atomic mass is 32.2. The van der Waals surface area contributed by atoms with E-state index in [2.05, 4.69) is 24.6 Å². The lowest BCUT2D eigenvalue weighted by Crippen LogP contribution is -2.17. The van der Waals surface area contributed by atoms with E-state index in [1.807, 2.05) is 36.9 Å². The van der Waals surface area contributed by atoms with Crippen LogP contribution in [0.15, 0.2) is 18.2 Å². The van der Waals surface area contributed by atoms with E-state index >= 15 is 0 Å². The highest BCUT2D eigenvalue weighted by molar-refractivity contribution is 7.98. The zero-order valence-corrected chi connectivity index (χ0v) is 10.9. The molecular weight excluding hydrogens is 216 g/mol. The lowest BCUT2D eigenvalue weighted by molar-refractivity contribution is 0.770. The van der Waals surface area contributed by atoms with E-state index in [9.17, 15) is 0 Å². The fourth-order valence-electron chi connectivity index (χ4n) is 1.57. The Kier molecular flexibility index (Phi) is 5.21. The van der Waals surface area contributed by atoms with Crippen LogP contribution in [0.3, 0.4) is 0 Å². The molecule has 0 spiro atoms. The van der Waals surface area contributed by atoms with Crippen LogP contribution in [0.5, 0.6) is 0 Å². The summed E-state index contributed by atoms with van der Waals surface area (Å²) < 4.78 is 0. The minimum atomic E-state index is 0.403. The first-order chi connectivity index (χ1) is 7.69. The number of nitrogens with one attached hydrogen (secondary N) is 1. The Bertz CT molecular complexity index is 382. The summed E-state index contributed by atoms with van der Waals surface area (Å²) in [5.74, 6) is 1.14. The Morgan fingerprint density at radius 3 is 2.88 bits per heavy atom. The number of hydrogen-bond acceptors (Lipinski definition) is 3. The lowest BCUT2D eigenvalue weighted by Gasteiger charge is -2.17.